The standard InChI is InChI=1S/C14H31NO3/c1-3-5-6-7-10-18-12-14(17)11-15-9-8-13(16)4-2/h13-17H,3-12H2,1-2H3. The van der Waals surface area contributed by atoms with E-state index in [-0.39, 0.29) is 6.10 Å². The summed E-state index contributed by atoms with van der Waals surface area (Å²) in [5.41, 5.74) is 0. The number of aliphatic hydroxyl groups excluding tert-OH is 2. The molecule has 0 saturated carbocycles. The molecular weight excluding hydrogens is 230 g/mol. The first kappa shape index (κ1) is 17.8. The predicted octanol–water partition coefficient (Wildman–Crippen LogP) is 1.69. The number of nitrogens with one attached hydrogen (secondary N) is 1. The number of aliphatic hydroxyl groups is 2. The molecule has 3 N–H and O–H groups in total. The zero-order chi connectivity index (χ0) is 13.6. The van der Waals surface area contributed by atoms with Crippen LogP contribution in [0.4, 0.5) is 0 Å². The molecule has 0 aromatic carbocycles. The Kier molecular flexibility index (Phi) is 13.2. The third kappa shape index (κ3) is 12.3. The monoisotopic (exact) mass is 261 g/mol. The van der Waals surface area contributed by atoms with Gasteiger partial charge in [-0.3, -0.25) is 0 Å². The van der Waals surface area contributed by atoms with Gasteiger partial charge in [-0.2, -0.15) is 0 Å². The Morgan fingerprint density at radius 2 is 1.83 bits per heavy atom. The van der Waals surface area contributed by atoms with Crippen molar-refractivity contribution in [2.24, 2.45) is 0 Å². The fourth-order valence-electron chi connectivity index (χ4n) is 1.65. The lowest BCUT2D eigenvalue weighted by molar-refractivity contribution is 0.0350. The highest BCUT2D eigenvalue weighted by Crippen LogP contribution is 1.99. The highest BCUT2D eigenvalue weighted by atomic mass is 16.5. The topological polar surface area (TPSA) is 61.7 Å². The van der Waals surface area contributed by atoms with Crippen molar-refractivity contribution in [2.45, 2.75) is 64.6 Å². The molecule has 0 aromatic rings. The molecule has 0 amide bonds. The summed E-state index contributed by atoms with van der Waals surface area (Å²) in [6, 6.07) is 0. The summed E-state index contributed by atoms with van der Waals surface area (Å²) >= 11 is 0. The summed E-state index contributed by atoms with van der Waals surface area (Å²) < 4.78 is 5.40. The van der Waals surface area contributed by atoms with E-state index in [4.69, 9.17) is 4.74 Å². The molecular formula is C14H31NO3. The SMILES string of the molecule is CCCCCCOCC(O)CNCCC(O)CC. The molecule has 18 heavy (non-hydrogen) atoms. The predicted molar refractivity (Wildman–Crippen MR) is 74.8 cm³/mol. The molecule has 0 aromatic heterocycles. The maximum atomic E-state index is 9.62. The van der Waals surface area contributed by atoms with Crippen LogP contribution < -0.4 is 5.32 Å². The molecule has 2 unspecified atom stereocenters. The van der Waals surface area contributed by atoms with Gasteiger partial charge in [-0.15, -0.1) is 0 Å². The Morgan fingerprint density at radius 1 is 1.06 bits per heavy atom. The molecule has 4 nitrogen and oxygen atoms in total. The van der Waals surface area contributed by atoms with Gasteiger partial charge in [0.15, 0.2) is 0 Å². The Balaban J connectivity index is 3.19. The lowest BCUT2D eigenvalue weighted by atomic mass is 10.2. The average molecular weight is 261 g/mol. The first-order valence-electron chi connectivity index (χ1n) is 7.35. The summed E-state index contributed by atoms with van der Waals surface area (Å²) in [6.07, 6.45) is 5.62. The molecule has 0 aliphatic carbocycles. The summed E-state index contributed by atoms with van der Waals surface area (Å²) in [6.45, 7) is 6.56. The molecule has 0 rings (SSSR count). The first-order valence-corrected chi connectivity index (χ1v) is 7.35. The van der Waals surface area contributed by atoms with Crippen LogP contribution in [0, 0.1) is 0 Å². The van der Waals surface area contributed by atoms with Crippen molar-refractivity contribution < 1.29 is 14.9 Å². The van der Waals surface area contributed by atoms with Gasteiger partial charge in [0.2, 0.25) is 0 Å². The molecule has 0 saturated heterocycles. The maximum absolute atomic E-state index is 9.62. The van der Waals surface area contributed by atoms with Crippen LogP contribution in [-0.4, -0.2) is 48.7 Å². The number of unbranched alkanes of at least 4 members (excludes halogenated alkanes) is 3. The van der Waals surface area contributed by atoms with Crippen LogP contribution in [0.15, 0.2) is 0 Å². The van der Waals surface area contributed by atoms with Gasteiger partial charge in [-0.1, -0.05) is 33.1 Å². The highest BCUT2D eigenvalue weighted by molar-refractivity contribution is 4.61. The zero-order valence-corrected chi connectivity index (χ0v) is 12.0. The molecule has 0 spiro atoms. The lowest BCUT2D eigenvalue weighted by Crippen LogP contribution is -2.32. The van der Waals surface area contributed by atoms with Crippen LogP contribution >= 0.6 is 0 Å². The van der Waals surface area contributed by atoms with Crippen molar-refractivity contribution >= 4 is 0 Å². The molecule has 0 heterocycles. The van der Waals surface area contributed by atoms with Gasteiger partial charge >= 0.3 is 0 Å². The molecule has 110 valence electrons. The zero-order valence-electron chi connectivity index (χ0n) is 12.0. The van der Waals surface area contributed by atoms with Crippen molar-refractivity contribution in [3.63, 3.8) is 0 Å². The van der Waals surface area contributed by atoms with E-state index in [0.29, 0.717) is 13.2 Å². The molecule has 0 aliphatic heterocycles. The van der Waals surface area contributed by atoms with E-state index >= 15 is 0 Å². The number of hydrogen-bond donors (Lipinski definition) is 3. The normalized spacial score (nSPS) is 14.7. The van der Waals surface area contributed by atoms with Gasteiger partial charge in [-0.25, -0.2) is 0 Å². The van der Waals surface area contributed by atoms with Crippen LogP contribution in [0.3, 0.4) is 0 Å². The van der Waals surface area contributed by atoms with Crippen molar-refractivity contribution in [1.82, 2.24) is 5.32 Å². The lowest BCUT2D eigenvalue weighted by Gasteiger charge is -2.13. The summed E-state index contributed by atoms with van der Waals surface area (Å²) in [5.74, 6) is 0. The molecule has 2 atom stereocenters. The van der Waals surface area contributed by atoms with Gasteiger partial charge in [0, 0.05) is 13.2 Å². The van der Waals surface area contributed by atoms with Gasteiger partial charge in [0.1, 0.15) is 0 Å². The van der Waals surface area contributed by atoms with Crippen LogP contribution in [0.5, 0.6) is 0 Å². The fraction of sp³-hybridized carbons (Fsp3) is 1.00. The van der Waals surface area contributed by atoms with Gasteiger partial charge in [-0.05, 0) is 25.8 Å². The third-order valence-electron chi connectivity index (χ3n) is 2.96. The van der Waals surface area contributed by atoms with E-state index in [9.17, 15) is 10.2 Å². The molecule has 0 bridgehead atoms. The van der Waals surface area contributed by atoms with E-state index in [2.05, 4.69) is 12.2 Å². The Labute approximate surface area is 112 Å². The molecule has 0 radical (unpaired) electrons. The number of rotatable bonds is 13. The smallest absolute Gasteiger partial charge is 0.0897 e. The summed E-state index contributed by atoms with van der Waals surface area (Å²) in [4.78, 5) is 0. The van der Waals surface area contributed by atoms with Gasteiger partial charge < -0.3 is 20.3 Å². The largest absolute Gasteiger partial charge is 0.393 e. The minimum absolute atomic E-state index is 0.232. The van der Waals surface area contributed by atoms with E-state index in [1.54, 1.807) is 0 Å². The second-order valence-corrected chi connectivity index (χ2v) is 4.84. The van der Waals surface area contributed by atoms with E-state index < -0.39 is 6.10 Å². The van der Waals surface area contributed by atoms with Gasteiger partial charge in [0.05, 0.1) is 18.8 Å². The Morgan fingerprint density at radius 3 is 2.50 bits per heavy atom. The summed E-state index contributed by atoms with van der Waals surface area (Å²) in [7, 11) is 0. The number of ether oxygens (including phenoxy) is 1. The maximum Gasteiger partial charge on any atom is 0.0897 e. The minimum Gasteiger partial charge on any atom is -0.393 e. The van der Waals surface area contributed by atoms with Crippen LogP contribution in [-0.2, 0) is 4.74 Å². The van der Waals surface area contributed by atoms with Crippen molar-refractivity contribution in [3.8, 4) is 0 Å². The van der Waals surface area contributed by atoms with Crippen LogP contribution in [0.25, 0.3) is 0 Å². The quantitative estimate of drug-likeness (QED) is 0.442. The van der Waals surface area contributed by atoms with Crippen molar-refractivity contribution in [2.75, 3.05) is 26.3 Å². The summed E-state index contributed by atoms with van der Waals surface area (Å²) in [5, 5.41) is 22.1. The van der Waals surface area contributed by atoms with E-state index in [1.165, 1.54) is 19.3 Å². The average Bonchev–Trinajstić information content (AvgIpc) is 2.38. The second-order valence-electron chi connectivity index (χ2n) is 4.84. The first-order chi connectivity index (χ1) is 8.70. The van der Waals surface area contributed by atoms with Gasteiger partial charge in [0.25, 0.3) is 0 Å². The van der Waals surface area contributed by atoms with E-state index in [0.717, 1.165) is 32.4 Å². The third-order valence-corrected chi connectivity index (χ3v) is 2.96. The van der Waals surface area contributed by atoms with Crippen LogP contribution in [0.2, 0.25) is 0 Å². The molecule has 4 heteroatoms. The van der Waals surface area contributed by atoms with E-state index in [1.807, 2.05) is 6.92 Å². The van der Waals surface area contributed by atoms with Crippen molar-refractivity contribution in [3.05, 3.63) is 0 Å². The molecule has 0 fully saturated rings. The van der Waals surface area contributed by atoms with Crippen LogP contribution in [0.1, 0.15) is 52.4 Å². The number of hydrogen-bond acceptors (Lipinski definition) is 4. The fourth-order valence-corrected chi connectivity index (χ4v) is 1.65. The Hall–Kier alpha value is -0.160. The minimum atomic E-state index is -0.449. The Bertz CT molecular complexity index is 167. The highest BCUT2D eigenvalue weighted by Gasteiger charge is 2.04. The second kappa shape index (κ2) is 13.3. The van der Waals surface area contributed by atoms with Crippen molar-refractivity contribution in [1.29, 1.82) is 0 Å². The molecule has 0 aliphatic rings.